The summed E-state index contributed by atoms with van der Waals surface area (Å²) in [6, 6.07) is 4.96. The number of nitrogens with one attached hydrogen (secondary N) is 1. The van der Waals surface area contributed by atoms with Crippen LogP contribution in [-0.2, 0) is 15.1 Å². The highest BCUT2D eigenvalue weighted by molar-refractivity contribution is 9.10. The number of ether oxygens (including phenoxy) is 1. The monoisotopic (exact) mass is 301 g/mol. The minimum atomic E-state index is -0.548. The molecule has 1 N–H and O–H groups in total. The van der Waals surface area contributed by atoms with E-state index in [1.54, 1.807) is 12.1 Å². The smallest absolute Gasteiger partial charge is 0.128 e. The van der Waals surface area contributed by atoms with Crippen molar-refractivity contribution < 1.29 is 14.0 Å². The lowest BCUT2D eigenvalue weighted by Gasteiger charge is -2.27. The van der Waals surface area contributed by atoms with Crippen LogP contribution in [0, 0.1) is 11.7 Å². The third-order valence-electron chi connectivity index (χ3n) is 3.70. The number of hydrogen-bond donors (Lipinski definition) is 1. The largest absolute Gasteiger partial charge is 0.376 e. The molecule has 0 spiro atoms. The summed E-state index contributed by atoms with van der Waals surface area (Å²) in [5, 5.41) is 0. The van der Waals surface area contributed by atoms with Crippen molar-refractivity contribution in [3.05, 3.63) is 34.1 Å². The lowest BCUT2D eigenvalue weighted by atomic mass is 9.80. The lowest BCUT2D eigenvalue weighted by molar-refractivity contribution is 0.00704. The molecule has 3 nitrogen and oxygen atoms in total. The fraction of sp³-hybridized carbons (Fsp3) is 0.500. The maximum atomic E-state index is 14.0. The lowest BCUT2D eigenvalue weighted by Crippen LogP contribution is -2.43. The topological polar surface area (TPSA) is 30.5 Å². The average molecular weight is 302 g/mol. The maximum Gasteiger partial charge on any atom is 0.128 e. The van der Waals surface area contributed by atoms with E-state index in [-0.39, 0.29) is 17.8 Å². The summed E-state index contributed by atoms with van der Waals surface area (Å²) in [6.45, 7) is 2.98. The van der Waals surface area contributed by atoms with E-state index >= 15 is 0 Å². The van der Waals surface area contributed by atoms with Gasteiger partial charge in [0.2, 0.25) is 0 Å². The Kier molecular flexibility index (Phi) is 2.74. The van der Waals surface area contributed by atoms with E-state index in [9.17, 15) is 4.39 Å². The molecule has 0 aromatic heterocycles. The maximum absolute atomic E-state index is 14.0. The molecule has 2 aliphatic rings. The summed E-state index contributed by atoms with van der Waals surface area (Å²) < 4.78 is 20.5. The van der Waals surface area contributed by atoms with Crippen molar-refractivity contribution in [2.24, 2.45) is 5.92 Å². The standard InChI is InChI=1S/C12H13BrFNO2/c1-7-10-5-17-15-12(10,6-16-7)9-4-8(13)2-3-11(9)14/h2-4,7,10,15H,5-6H2,1H3/t7-,10-,12-/m1/s1. The first-order valence-corrected chi connectivity index (χ1v) is 6.39. The molecule has 2 fully saturated rings. The molecule has 0 unspecified atom stereocenters. The van der Waals surface area contributed by atoms with Crippen LogP contribution < -0.4 is 5.48 Å². The normalized spacial score (nSPS) is 36.2. The predicted octanol–water partition coefficient (Wildman–Crippen LogP) is 2.35. The van der Waals surface area contributed by atoms with Crippen LogP contribution in [0.25, 0.3) is 0 Å². The number of hydrogen-bond acceptors (Lipinski definition) is 3. The molecule has 1 aromatic rings. The summed E-state index contributed by atoms with van der Waals surface area (Å²) in [5.74, 6) is -0.0831. The molecular weight excluding hydrogens is 289 g/mol. The van der Waals surface area contributed by atoms with E-state index in [1.807, 2.05) is 6.92 Å². The first kappa shape index (κ1) is 11.6. The van der Waals surface area contributed by atoms with Crippen molar-refractivity contribution in [1.82, 2.24) is 5.48 Å². The van der Waals surface area contributed by atoms with Gasteiger partial charge >= 0.3 is 0 Å². The summed E-state index contributed by atoms with van der Waals surface area (Å²) >= 11 is 3.38. The first-order valence-electron chi connectivity index (χ1n) is 5.59. The van der Waals surface area contributed by atoms with Crippen molar-refractivity contribution in [2.45, 2.75) is 18.6 Å². The number of rotatable bonds is 1. The zero-order valence-electron chi connectivity index (χ0n) is 9.37. The Hall–Kier alpha value is -0.490. The molecule has 2 saturated heterocycles. The van der Waals surface area contributed by atoms with Gasteiger partial charge < -0.3 is 9.57 Å². The highest BCUT2D eigenvalue weighted by Crippen LogP contribution is 2.44. The summed E-state index contributed by atoms with van der Waals surface area (Å²) in [4.78, 5) is 5.32. The summed E-state index contributed by atoms with van der Waals surface area (Å²) in [7, 11) is 0. The Labute approximate surface area is 107 Å². The van der Waals surface area contributed by atoms with Gasteiger partial charge in [0.25, 0.3) is 0 Å². The van der Waals surface area contributed by atoms with E-state index in [2.05, 4.69) is 21.4 Å². The Balaban J connectivity index is 2.10. The van der Waals surface area contributed by atoms with Gasteiger partial charge in [-0.1, -0.05) is 15.9 Å². The molecule has 0 radical (unpaired) electrons. The van der Waals surface area contributed by atoms with Crippen LogP contribution in [0.3, 0.4) is 0 Å². The Morgan fingerprint density at radius 2 is 2.35 bits per heavy atom. The fourth-order valence-electron chi connectivity index (χ4n) is 2.70. The van der Waals surface area contributed by atoms with Crippen LogP contribution in [-0.4, -0.2) is 19.3 Å². The molecule has 0 amide bonds. The molecule has 5 heteroatoms. The highest BCUT2D eigenvalue weighted by atomic mass is 79.9. The second-order valence-electron chi connectivity index (χ2n) is 4.63. The number of benzene rings is 1. The van der Waals surface area contributed by atoms with Crippen LogP contribution >= 0.6 is 15.9 Å². The second kappa shape index (κ2) is 4.02. The molecule has 2 aliphatic heterocycles. The zero-order valence-corrected chi connectivity index (χ0v) is 11.0. The van der Waals surface area contributed by atoms with Gasteiger partial charge in [-0.2, -0.15) is 5.48 Å². The van der Waals surface area contributed by atoms with E-state index < -0.39 is 5.54 Å². The molecule has 3 rings (SSSR count). The first-order chi connectivity index (χ1) is 8.13. The van der Waals surface area contributed by atoms with Crippen LogP contribution in [0.1, 0.15) is 12.5 Å². The predicted molar refractivity (Wildman–Crippen MR) is 63.8 cm³/mol. The van der Waals surface area contributed by atoms with Crippen molar-refractivity contribution in [1.29, 1.82) is 0 Å². The van der Waals surface area contributed by atoms with Gasteiger partial charge in [0.15, 0.2) is 0 Å². The third kappa shape index (κ3) is 1.64. The number of halogens is 2. The van der Waals surface area contributed by atoms with Crippen molar-refractivity contribution in [3.8, 4) is 0 Å². The summed E-state index contributed by atoms with van der Waals surface area (Å²) in [5.41, 5.74) is 3.02. The van der Waals surface area contributed by atoms with Crippen LogP contribution in [0.5, 0.6) is 0 Å². The molecule has 1 aromatic carbocycles. The quantitative estimate of drug-likeness (QED) is 0.864. The molecular formula is C12H13BrFNO2. The molecule has 0 bridgehead atoms. The highest BCUT2D eigenvalue weighted by Gasteiger charge is 2.54. The van der Waals surface area contributed by atoms with E-state index in [1.165, 1.54) is 6.07 Å². The van der Waals surface area contributed by atoms with Crippen molar-refractivity contribution in [2.75, 3.05) is 13.2 Å². The van der Waals surface area contributed by atoms with Crippen LogP contribution in [0.15, 0.2) is 22.7 Å². The molecule has 2 heterocycles. The zero-order chi connectivity index (χ0) is 12.0. The molecule has 0 saturated carbocycles. The minimum Gasteiger partial charge on any atom is -0.376 e. The molecule has 3 atom stereocenters. The third-order valence-corrected chi connectivity index (χ3v) is 4.19. The van der Waals surface area contributed by atoms with Gasteiger partial charge in [-0.3, -0.25) is 0 Å². The van der Waals surface area contributed by atoms with Gasteiger partial charge in [0, 0.05) is 16.0 Å². The minimum absolute atomic E-state index is 0.0726. The van der Waals surface area contributed by atoms with Gasteiger partial charge in [0.1, 0.15) is 11.4 Å². The molecule has 0 aliphatic carbocycles. The van der Waals surface area contributed by atoms with Gasteiger partial charge in [-0.25, -0.2) is 4.39 Å². The Morgan fingerprint density at radius 1 is 1.53 bits per heavy atom. The Morgan fingerprint density at radius 3 is 3.18 bits per heavy atom. The van der Waals surface area contributed by atoms with E-state index in [0.717, 1.165) is 4.47 Å². The molecule has 17 heavy (non-hydrogen) atoms. The number of fused-ring (bicyclic) bond motifs is 1. The Bertz CT molecular complexity index is 456. The average Bonchev–Trinajstić information content (AvgIpc) is 2.85. The van der Waals surface area contributed by atoms with Gasteiger partial charge in [-0.15, -0.1) is 0 Å². The van der Waals surface area contributed by atoms with Gasteiger partial charge in [-0.05, 0) is 25.1 Å². The molecule has 92 valence electrons. The number of hydroxylamine groups is 1. The van der Waals surface area contributed by atoms with Crippen LogP contribution in [0.2, 0.25) is 0 Å². The van der Waals surface area contributed by atoms with Crippen LogP contribution in [0.4, 0.5) is 4.39 Å². The SMILES string of the molecule is C[C@H]1OC[C@]2(c3cc(Br)ccc3F)NOC[C@H]12. The van der Waals surface area contributed by atoms with Crippen molar-refractivity contribution in [3.63, 3.8) is 0 Å². The van der Waals surface area contributed by atoms with Gasteiger partial charge in [0.05, 0.1) is 19.3 Å². The van der Waals surface area contributed by atoms with E-state index in [0.29, 0.717) is 18.8 Å². The second-order valence-corrected chi connectivity index (χ2v) is 5.55. The van der Waals surface area contributed by atoms with E-state index in [4.69, 9.17) is 9.57 Å². The fourth-order valence-corrected chi connectivity index (χ4v) is 3.06. The van der Waals surface area contributed by atoms with Crippen molar-refractivity contribution >= 4 is 15.9 Å². The summed E-state index contributed by atoms with van der Waals surface area (Å²) in [6.07, 6.45) is 0.0726.